The van der Waals surface area contributed by atoms with Crippen molar-refractivity contribution in [1.82, 2.24) is 15.0 Å². The van der Waals surface area contributed by atoms with Crippen LogP contribution >= 0.6 is 0 Å². The maximum atomic E-state index is 12.3. The summed E-state index contributed by atoms with van der Waals surface area (Å²) in [5, 5.41) is 8.22. The number of nitrogens with zero attached hydrogens (tertiary/aromatic N) is 3. The highest BCUT2D eigenvalue weighted by Crippen LogP contribution is 2.12. The molecule has 1 heterocycles. The van der Waals surface area contributed by atoms with E-state index in [-0.39, 0.29) is 17.9 Å². The van der Waals surface area contributed by atoms with E-state index in [1.807, 2.05) is 0 Å². The van der Waals surface area contributed by atoms with Crippen molar-refractivity contribution < 1.29 is 9.53 Å². The summed E-state index contributed by atoms with van der Waals surface area (Å²) in [6.07, 6.45) is 0. The molecule has 110 valence electrons. The molecule has 0 fully saturated rings. The van der Waals surface area contributed by atoms with Crippen LogP contribution in [-0.4, -0.2) is 27.9 Å². The Bertz CT molecular complexity index is 885. The van der Waals surface area contributed by atoms with Crippen molar-refractivity contribution in [1.29, 1.82) is 0 Å². The quantitative estimate of drug-likeness (QED) is 0.685. The molecule has 6 heteroatoms. The lowest BCUT2D eigenvalue weighted by molar-refractivity contribution is 0.0964. The SMILES string of the molecule is COc1ccc(C(=O)Cn2nnc3ccccc3c2=O)cc1. The van der Waals surface area contributed by atoms with Gasteiger partial charge in [-0.05, 0) is 36.4 Å². The summed E-state index contributed by atoms with van der Waals surface area (Å²) in [5.74, 6) is 0.452. The fraction of sp³-hybridized carbons (Fsp3) is 0.125. The second kappa shape index (κ2) is 5.77. The Kier molecular flexibility index (Phi) is 3.65. The van der Waals surface area contributed by atoms with E-state index in [1.54, 1.807) is 55.6 Å². The van der Waals surface area contributed by atoms with Gasteiger partial charge in [-0.25, -0.2) is 4.68 Å². The van der Waals surface area contributed by atoms with Crippen molar-refractivity contribution in [2.75, 3.05) is 7.11 Å². The van der Waals surface area contributed by atoms with Gasteiger partial charge in [0.25, 0.3) is 5.56 Å². The number of hydrogen-bond donors (Lipinski definition) is 0. The minimum Gasteiger partial charge on any atom is -0.497 e. The van der Waals surface area contributed by atoms with Gasteiger partial charge in [0.2, 0.25) is 0 Å². The lowest BCUT2D eigenvalue weighted by Crippen LogP contribution is -2.27. The van der Waals surface area contributed by atoms with Crippen molar-refractivity contribution in [2.45, 2.75) is 6.54 Å². The summed E-state index contributed by atoms with van der Waals surface area (Å²) in [7, 11) is 1.56. The van der Waals surface area contributed by atoms with Gasteiger partial charge >= 0.3 is 0 Å². The highest BCUT2D eigenvalue weighted by atomic mass is 16.5. The van der Waals surface area contributed by atoms with E-state index in [9.17, 15) is 9.59 Å². The summed E-state index contributed by atoms with van der Waals surface area (Å²) >= 11 is 0. The lowest BCUT2D eigenvalue weighted by Gasteiger charge is -2.05. The predicted octanol–water partition coefficient (Wildman–Crippen LogP) is 1.68. The first kappa shape index (κ1) is 13.9. The minimum absolute atomic E-state index is 0.150. The topological polar surface area (TPSA) is 74.1 Å². The first-order chi connectivity index (χ1) is 10.7. The van der Waals surface area contributed by atoms with Gasteiger partial charge in [0.15, 0.2) is 5.78 Å². The van der Waals surface area contributed by atoms with Crippen LogP contribution in [-0.2, 0) is 6.54 Å². The van der Waals surface area contributed by atoms with Gasteiger partial charge in [-0.15, -0.1) is 5.10 Å². The Morgan fingerprint density at radius 3 is 2.59 bits per heavy atom. The number of fused-ring (bicyclic) bond motifs is 1. The molecule has 2 aromatic carbocycles. The lowest BCUT2D eigenvalue weighted by atomic mass is 10.1. The molecular weight excluding hydrogens is 282 g/mol. The number of ketones is 1. The summed E-state index contributed by atoms with van der Waals surface area (Å²) in [6, 6.07) is 13.6. The van der Waals surface area contributed by atoms with E-state index in [0.29, 0.717) is 22.2 Å². The number of carbonyl (C=O) groups excluding carboxylic acids is 1. The Labute approximate surface area is 126 Å². The molecule has 0 unspecified atom stereocenters. The van der Waals surface area contributed by atoms with Crippen LogP contribution in [0, 0.1) is 0 Å². The molecule has 0 aliphatic heterocycles. The van der Waals surface area contributed by atoms with Gasteiger partial charge in [-0.3, -0.25) is 9.59 Å². The van der Waals surface area contributed by atoms with Crippen LogP contribution in [0.25, 0.3) is 10.9 Å². The van der Waals surface area contributed by atoms with E-state index in [2.05, 4.69) is 10.3 Å². The van der Waals surface area contributed by atoms with Crippen molar-refractivity contribution in [3.8, 4) is 5.75 Å². The van der Waals surface area contributed by atoms with Crippen LogP contribution in [0.4, 0.5) is 0 Å². The largest absolute Gasteiger partial charge is 0.497 e. The number of carbonyl (C=O) groups is 1. The third-order valence-electron chi connectivity index (χ3n) is 3.33. The number of rotatable bonds is 4. The molecular formula is C16H13N3O3. The molecule has 3 aromatic rings. The van der Waals surface area contributed by atoms with Gasteiger partial charge in [0.05, 0.1) is 12.5 Å². The second-order valence-electron chi connectivity index (χ2n) is 4.72. The Balaban J connectivity index is 1.90. The first-order valence-corrected chi connectivity index (χ1v) is 6.69. The monoisotopic (exact) mass is 295 g/mol. The average Bonchev–Trinajstić information content (AvgIpc) is 2.57. The molecule has 0 spiro atoms. The van der Waals surface area contributed by atoms with Crippen LogP contribution in [0.1, 0.15) is 10.4 Å². The van der Waals surface area contributed by atoms with Crippen LogP contribution in [0.5, 0.6) is 5.75 Å². The van der Waals surface area contributed by atoms with Gasteiger partial charge in [-0.1, -0.05) is 17.3 Å². The van der Waals surface area contributed by atoms with E-state index in [1.165, 1.54) is 0 Å². The van der Waals surface area contributed by atoms with Crippen LogP contribution in [0.2, 0.25) is 0 Å². The number of benzene rings is 2. The molecule has 22 heavy (non-hydrogen) atoms. The van der Waals surface area contributed by atoms with Crippen LogP contribution in [0.3, 0.4) is 0 Å². The first-order valence-electron chi connectivity index (χ1n) is 6.69. The average molecular weight is 295 g/mol. The van der Waals surface area contributed by atoms with Crippen molar-refractivity contribution in [2.24, 2.45) is 0 Å². The maximum Gasteiger partial charge on any atom is 0.278 e. The zero-order chi connectivity index (χ0) is 15.5. The fourth-order valence-electron chi connectivity index (χ4n) is 2.13. The predicted molar refractivity (Wildman–Crippen MR) is 81.1 cm³/mol. The van der Waals surface area contributed by atoms with Gasteiger partial charge in [-0.2, -0.15) is 0 Å². The van der Waals surface area contributed by atoms with Gasteiger partial charge in [0.1, 0.15) is 17.8 Å². The maximum absolute atomic E-state index is 12.3. The smallest absolute Gasteiger partial charge is 0.278 e. The van der Waals surface area contributed by atoms with Crippen molar-refractivity contribution >= 4 is 16.7 Å². The zero-order valence-electron chi connectivity index (χ0n) is 11.9. The molecule has 0 atom stereocenters. The highest BCUT2D eigenvalue weighted by Gasteiger charge is 2.11. The summed E-state index contributed by atoms with van der Waals surface area (Å²) < 4.78 is 6.12. The molecule has 0 saturated carbocycles. The summed E-state index contributed by atoms with van der Waals surface area (Å²) in [4.78, 5) is 24.5. The van der Waals surface area contributed by atoms with E-state index >= 15 is 0 Å². The Morgan fingerprint density at radius 1 is 1.14 bits per heavy atom. The van der Waals surface area contributed by atoms with Crippen molar-refractivity contribution in [3.05, 3.63) is 64.4 Å². The van der Waals surface area contributed by atoms with E-state index < -0.39 is 0 Å². The molecule has 0 N–H and O–H groups in total. The molecule has 0 amide bonds. The Morgan fingerprint density at radius 2 is 1.86 bits per heavy atom. The minimum atomic E-state index is -0.326. The third-order valence-corrected chi connectivity index (χ3v) is 3.33. The Hall–Kier alpha value is -3.02. The molecule has 0 radical (unpaired) electrons. The molecule has 0 aliphatic rings. The molecule has 0 bridgehead atoms. The van der Waals surface area contributed by atoms with E-state index in [0.717, 1.165) is 4.68 Å². The van der Waals surface area contributed by atoms with Crippen LogP contribution in [0.15, 0.2) is 53.3 Å². The van der Waals surface area contributed by atoms with Gasteiger partial charge in [0, 0.05) is 5.56 Å². The van der Waals surface area contributed by atoms with Crippen LogP contribution < -0.4 is 10.3 Å². The number of aromatic nitrogens is 3. The number of hydrogen-bond acceptors (Lipinski definition) is 5. The standard InChI is InChI=1S/C16H13N3O3/c1-22-12-8-6-11(7-9-12)15(20)10-19-16(21)13-4-2-3-5-14(13)17-18-19/h2-9H,10H2,1H3. The third kappa shape index (κ3) is 2.58. The zero-order valence-corrected chi connectivity index (χ0v) is 11.9. The fourth-order valence-corrected chi connectivity index (χ4v) is 2.13. The molecule has 0 saturated heterocycles. The van der Waals surface area contributed by atoms with Crippen molar-refractivity contribution in [3.63, 3.8) is 0 Å². The number of ether oxygens (including phenoxy) is 1. The van der Waals surface area contributed by atoms with E-state index in [4.69, 9.17) is 4.74 Å². The molecule has 1 aromatic heterocycles. The molecule has 3 rings (SSSR count). The normalized spacial score (nSPS) is 10.6. The molecule has 6 nitrogen and oxygen atoms in total. The highest BCUT2D eigenvalue weighted by molar-refractivity contribution is 5.96. The summed E-state index contributed by atoms with van der Waals surface area (Å²) in [6.45, 7) is -0.150. The number of methoxy groups -OCH3 is 1. The second-order valence-corrected chi connectivity index (χ2v) is 4.72. The molecule has 0 aliphatic carbocycles. The summed E-state index contributed by atoms with van der Waals surface area (Å²) in [5.41, 5.74) is 0.677. The van der Waals surface area contributed by atoms with Gasteiger partial charge < -0.3 is 4.74 Å². The number of Topliss-reactive ketones (excluding diaryl/α,β-unsaturated/α-hetero) is 1.